The molecule has 1 aliphatic carbocycles. The number of benzene rings is 1. The van der Waals surface area contributed by atoms with Crippen LogP contribution in [0, 0.1) is 5.82 Å². The highest BCUT2D eigenvalue weighted by molar-refractivity contribution is 5.66. The van der Waals surface area contributed by atoms with Gasteiger partial charge in [0, 0.05) is 12.0 Å². The maximum absolute atomic E-state index is 14.4. The maximum Gasteiger partial charge on any atom is 0.187 e. The van der Waals surface area contributed by atoms with Gasteiger partial charge in [0.05, 0.1) is 25.6 Å². The molecular weight excluding hydrogens is 273 g/mol. The number of methoxy groups -OCH3 is 2. The molecule has 1 aromatic heterocycles. The SMILES string of the molecule is COc1ccc(OC)c(Nc2ncnc(C3CC3)c2F)c1. The third kappa shape index (κ3) is 2.74. The lowest BCUT2D eigenvalue weighted by Crippen LogP contribution is -2.04. The molecule has 0 saturated heterocycles. The number of nitrogens with zero attached hydrogens (tertiary/aromatic N) is 2. The molecule has 21 heavy (non-hydrogen) atoms. The molecule has 1 saturated carbocycles. The fourth-order valence-electron chi connectivity index (χ4n) is 2.15. The van der Waals surface area contributed by atoms with Gasteiger partial charge in [-0.25, -0.2) is 14.4 Å². The summed E-state index contributed by atoms with van der Waals surface area (Å²) in [6.07, 6.45) is 3.34. The first-order valence-corrected chi connectivity index (χ1v) is 6.72. The number of aromatic nitrogens is 2. The van der Waals surface area contributed by atoms with Gasteiger partial charge in [-0.15, -0.1) is 0 Å². The van der Waals surface area contributed by atoms with E-state index >= 15 is 0 Å². The molecule has 0 bridgehead atoms. The second kappa shape index (κ2) is 5.55. The van der Waals surface area contributed by atoms with Gasteiger partial charge in [-0.1, -0.05) is 0 Å². The molecule has 3 rings (SSSR count). The average Bonchev–Trinajstić information content (AvgIpc) is 3.34. The van der Waals surface area contributed by atoms with E-state index in [1.54, 1.807) is 32.4 Å². The van der Waals surface area contributed by atoms with Crippen LogP contribution in [0.15, 0.2) is 24.5 Å². The molecule has 0 amide bonds. The number of ether oxygens (including phenoxy) is 2. The highest BCUT2D eigenvalue weighted by Gasteiger charge is 2.29. The molecule has 2 aromatic rings. The molecule has 0 aliphatic heterocycles. The number of hydrogen-bond donors (Lipinski definition) is 1. The Balaban J connectivity index is 1.94. The van der Waals surface area contributed by atoms with Crippen LogP contribution in [0.3, 0.4) is 0 Å². The van der Waals surface area contributed by atoms with Gasteiger partial charge in [-0.05, 0) is 25.0 Å². The van der Waals surface area contributed by atoms with Crippen LogP contribution in [0.2, 0.25) is 0 Å². The Morgan fingerprint density at radius 3 is 2.67 bits per heavy atom. The molecule has 0 atom stereocenters. The Hall–Kier alpha value is -2.37. The molecule has 1 fully saturated rings. The van der Waals surface area contributed by atoms with Crippen molar-refractivity contribution in [2.75, 3.05) is 19.5 Å². The molecule has 0 spiro atoms. The summed E-state index contributed by atoms with van der Waals surface area (Å²) in [6, 6.07) is 5.26. The van der Waals surface area contributed by atoms with E-state index < -0.39 is 5.82 Å². The molecule has 0 unspecified atom stereocenters. The zero-order valence-electron chi connectivity index (χ0n) is 11.9. The maximum atomic E-state index is 14.4. The van der Waals surface area contributed by atoms with Crippen molar-refractivity contribution in [2.24, 2.45) is 0 Å². The van der Waals surface area contributed by atoms with Gasteiger partial charge in [-0.2, -0.15) is 0 Å². The summed E-state index contributed by atoms with van der Waals surface area (Å²) in [5.41, 5.74) is 1.07. The second-order valence-corrected chi connectivity index (χ2v) is 4.89. The van der Waals surface area contributed by atoms with E-state index in [1.807, 2.05) is 0 Å². The zero-order chi connectivity index (χ0) is 14.8. The number of rotatable bonds is 5. The fraction of sp³-hybridized carbons (Fsp3) is 0.333. The Morgan fingerprint density at radius 2 is 2.00 bits per heavy atom. The number of nitrogens with one attached hydrogen (secondary N) is 1. The molecule has 0 radical (unpaired) electrons. The summed E-state index contributed by atoms with van der Waals surface area (Å²) in [5.74, 6) is 1.21. The first-order chi connectivity index (χ1) is 10.2. The van der Waals surface area contributed by atoms with Crippen molar-refractivity contribution in [1.29, 1.82) is 0 Å². The average molecular weight is 289 g/mol. The summed E-state index contributed by atoms with van der Waals surface area (Å²) in [7, 11) is 3.13. The quantitative estimate of drug-likeness (QED) is 0.915. The molecule has 5 nitrogen and oxygen atoms in total. The van der Waals surface area contributed by atoms with E-state index in [4.69, 9.17) is 9.47 Å². The largest absolute Gasteiger partial charge is 0.497 e. The monoisotopic (exact) mass is 289 g/mol. The van der Waals surface area contributed by atoms with Crippen LogP contribution in [0.5, 0.6) is 11.5 Å². The normalized spacial score (nSPS) is 13.9. The van der Waals surface area contributed by atoms with Gasteiger partial charge >= 0.3 is 0 Å². The van der Waals surface area contributed by atoms with Gasteiger partial charge in [0.15, 0.2) is 11.6 Å². The van der Waals surface area contributed by atoms with Crippen molar-refractivity contribution in [3.8, 4) is 11.5 Å². The Bertz CT molecular complexity index is 659. The van der Waals surface area contributed by atoms with Crippen molar-refractivity contribution in [2.45, 2.75) is 18.8 Å². The minimum Gasteiger partial charge on any atom is -0.497 e. The second-order valence-electron chi connectivity index (χ2n) is 4.89. The van der Waals surface area contributed by atoms with Crippen LogP contribution in [0.4, 0.5) is 15.9 Å². The van der Waals surface area contributed by atoms with Crippen molar-refractivity contribution in [3.05, 3.63) is 36.0 Å². The van der Waals surface area contributed by atoms with Crippen LogP contribution in [-0.2, 0) is 0 Å². The molecule has 6 heteroatoms. The number of hydrogen-bond acceptors (Lipinski definition) is 5. The Kier molecular flexibility index (Phi) is 3.60. The van der Waals surface area contributed by atoms with Crippen LogP contribution >= 0.6 is 0 Å². The Labute approximate surface area is 122 Å². The molecule has 1 aromatic carbocycles. The van der Waals surface area contributed by atoms with Gasteiger partial charge in [-0.3, -0.25) is 0 Å². The van der Waals surface area contributed by atoms with Gasteiger partial charge in [0.2, 0.25) is 0 Å². The smallest absolute Gasteiger partial charge is 0.187 e. The predicted molar refractivity (Wildman–Crippen MR) is 76.8 cm³/mol. The fourth-order valence-corrected chi connectivity index (χ4v) is 2.15. The standard InChI is InChI=1S/C15H16FN3O2/c1-20-10-5-6-12(21-2)11(7-10)19-15-13(16)14(9-3-4-9)17-8-18-15/h5-9H,3-4H2,1-2H3,(H,17,18,19). The molecule has 1 N–H and O–H groups in total. The summed E-state index contributed by atoms with van der Waals surface area (Å²) >= 11 is 0. The van der Waals surface area contributed by atoms with E-state index in [2.05, 4.69) is 15.3 Å². The van der Waals surface area contributed by atoms with Crippen LogP contribution < -0.4 is 14.8 Å². The summed E-state index contributed by atoms with van der Waals surface area (Å²) in [6.45, 7) is 0. The van der Waals surface area contributed by atoms with Gasteiger partial charge < -0.3 is 14.8 Å². The molecule has 110 valence electrons. The lowest BCUT2D eigenvalue weighted by Gasteiger charge is -2.13. The van der Waals surface area contributed by atoms with E-state index in [0.29, 0.717) is 22.9 Å². The highest BCUT2D eigenvalue weighted by atomic mass is 19.1. The predicted octanol–water partition coefficient (Wildman–Crippen LogP) is 3.25. The summed E-state index contributed by atoms with van der Waals surface area (Å²) in [4.78, 5) is 8.02. The Morgan fingerprint density at radius 1 is 1.19 bits per heavy atom. The van der Waals surface area contributed by atoms with E-state index in [-0.39, 0.29) is 11.7 Å². The van der Waals surface area contributed by atoms with Crippen molar-refractivity contribution >= 4 is 11.5 Å². The number of halogens is 1. The number of anilines is 2. The van der Waals surface area contributed by atoms with E-state index in [0.717, 1.165) is 12.8 Å². The van der Waals surface area contributed by atoms with Crippen LogP contribution in [0.25, 0.3) is 0 Å². The minimum absolute atomic E-state index is 0.151. The molecular formula is C15H16FN3O2. The van der Waals surface area contributed by atoms with Crippen LogP contribution in [-0.4, -0.2) is 24.2 Å². The third-order valence-electron chi connectivity index (χ3n) is 3.44. The van der Waals surface area contributed by atoms with E-state index in [9.17, 15) is 4.39 Å². The highest BCUT2D eigenvalue weighted by Crippen LogP contribution is 2.41. The van der Waals surface area contributed by atoms with Gasteiger partial charge in [0.25, 0.3) is 0 Å². The first kappa shape index (κ1) is 13.6. The van der Waals surface area contributed by atoms with Crippen molar-refractivity contribution in [3.63, 3.8) is 0 Å². The van der Waals surface area contributed by atoms with Crippen molar-refractivity contribution < 1.29 is 13.9 Å². The van der Waals surface area contributed by atoms with E-state index in [1.165, 1.54) is 6.33 Å². The first-order valence-electron chi connectivity index (χ1n) is 6.72. The zero-order valence-corrected chi connectivity index (χ0v) is 11.9. The van der Waals surface area contributed by atoms with Gasteiger partial charge in [0.1, 0.15) is 17.8 Å². The topological polar surface area (TPSA) is 56.3 Å². The molecule has 1 heterocycles. The summed E-state index contributed by atoms with van der Waals surface area (Å²) in [5, 5.41) is 2.96. The lowest BCUT2D eigenvalue weighted by molar-refractivity contribution is 0.404. The van der Waals surface area contributed by atoms with Crippen LogP contribution in [0.1, 0.15) is 24.5 Å². The summed E-state index contributed by atoms with van der Waals surface area (Å²) < 4.78 is 24.8. The third-order valence-corrected chi connectivity index (χ3v) is 3.44. The molecule has 1 aliphatic rings. The lowest BCUT2D eigenvalue weighted by atomic mass is 10.2. The minimum atomic E-state index is -0.398. The van der Waals surface area contributed by atoms with Crippen molar-refractivity contribution in [1.82, 2.24) is 9.97 Å².